The van der Waals surface area contributed by atoms with Crippen LogP contribution < -0.4 is 0 Å². The van der Waals surface area contributed by atoms with Gasteiger partial charge in [-0.1, -0.05) is 13.8 Å². The molecule has 0 spiro atoms. The average molecular weight is 182 g/mol. The standard InChI is InChI=1S/C9H14N2O2/c1-9(2,4-8(12)13)7-5-11(3)6-10-7/h5-6H,4H2,1-3H3,(H,12,13). The highest BCUT2D eigenvalue weighted by molar-refractivity contribution is 5.68. The third-order valence-corrected chi connectivity index (χ3v) is 1.99. The van der Waals surface area contributed by atoms with Crippen LogP contribution in [0.15, 0.2) is 12.5 Å². The van der Waals surface area contributed by atoms with Gasteiger partial charge in [-0.15, -0.1) is 0 Å². The summed E-state index contributed by atoms with van der Waals surface area (Å²) >= 11 is 0. The number of hydrogen-bond acceptors (Lipinski definition) is 2. The lowest BCUT2D eigenvalue weighted by atomic mass is 9.86. The zero-order valence-corrected chi connectivity index (χ0v) is 8.11. The van der Waals surface area contributed by atoms with Crippen LogP contribution in [0.1, 0.15) is 26.0 Å². The number of rotatable bonds is 3. The lowest BCUT2D eigenvalue weighted by molar-refractivity contribution is -0.138. The van der Waals surface area contributed by atoms with Crippen LogP contribution in [0.3, 0.4) is 0 Å². The molecule has 0 bridgehead atoms. The molecular weight excluding hydrogens is 168 g/mol. The van der Waals surface area contributed by atoms with Crippen molar-refractivity contribution >= 4 is 5.97 Å². The zero-order valence-electron chi connectivity index (χ0n) is 8.11. The van der Waals surface area contributed by atoms with E-state index in [2.05, 4.69) is 4.98 Å². The Balaban J connectivity index is 2.86. The van der Waals surface area contributed by atoms with Gasteiger partial charge in [0, 0.05) is 18.7 Å². The number of aryl methyl sites for hydroxylation is 1. The third-order valence-electron chi connectivity index (χ3n) is 1.99. The monoisotopic (exact) mass is 182 g/mol. The van der Waals surface area contributed by atoms with Crippen molar-refractivity contribution in [2.75, 3.05) is 0 Å². The molecule has 4 nitrogen and oxygen atoms in total. The first-order chi connectivity index (χ1) is 5.92. The van der Waals surface area contributed by atoms with Gasteiger partial charge in [-0.25, -0.2) is 4.98 Å². The Hall–Kier alpha value is -1.32. The fourth-order valence-electron chi connectivity index (χ4n) is 1.23. The summed E-state index contributed by atoms with van der Waals surface area (Å²) in [6, 6.07) is 0. The molecule has 0 unspecified atom stereocenters. The molecule has 0 aliphatic rings. The van der Waals surface area contributed by atoms with Crippen LogP contribution in [0.4, 0.5) is 0 Å². The highest BCUT2D eigenvalue weighted by atomic mass is 16.4. The molecule has 0 atom stereocenters. The van der Waals surface area contributed by atoms with Crippen molar-refractivity contribution in [3.8, 4) is 0 Å². The Morgan fingerprint density at radius 1 is 1.69 bits per heavy atom. The van der Waals surface area contributed by atoms with Gasteiger partial charge in [0.05, 0.1) is 18.4 Å². The Morgan fingerprint density at radius 3 is 2.69 bits per heavy atom. The van der Waals surface area contributed by atoms with Gasteiger partial charge in [-0.3, -0.25) is 4.79 Å². The molecule has 0 saturated carbocycles. The number of carbonyl (C=O) groups is 1. The van der Waals surface area contributed by atoms with Crippen LogP contribution in [0.5, 0.6) is 0 Å². The van der Waals surface area contributed by atoms with E-state index in [0.29, 0.717) is 0 Å². The summed E-state index contributed by atoms with van der Waals surface area (Å²) in [7, 11) is 1.87. The van der Waals surface area contributed by atoms with Crippen molar-refractivity contribution in [1.82, 2.24) is 9.55 Å². The highest BCUT2D eigenvalue weighted by Crippen LogP contribution is 2.24. The number of hydrogen-bond donors (Lipinski definition) is 1. The summed E-state index contributed by atoms with van der Waals surface area (Å²) in [5.74, 6) is -0.796. The predicted molar refractivity (Wildman–Crippen MR) is 48.5 cm³/mol. The first kappa shape index (κ1) is 9.77. The van der Waals surface area contributed by atoms with Crippen LogP contribution in [-0.2, 0) is 17.3 Å². The molecule has 0 fully saturated rings. The molecule has 1 aromatic rings. The maximum atomic E-state index is 10.6. The molecule has 72 valence electrons. The van der Waals surface area contributed by atoms with E-state index in [-0.39, 0.29) is 6.42 Å². The van der Waals surface area contributed by atoms with Crippen molar-refractivity contribution in [2.24, 2.45) is 7.05 Å². The minimum absolute atomic E-state index is 0.101. The fraction of sp³-hybridized carbons (Fsp3) is 0.556. The van der Waals surface area contributed by atoms with Crippen molar-refractivity contribution in [3.05, 3.63) is 18.2 Å². The summed E-state index contributed by atoms with van der Waals surface area (Å²) in [6.45, 7) is 3.76. The van der Waals surface area contributed by atoms with Gasteiger partial charge < -0.3 is 9.67 Å². The molecule has 4 heteroatoms. The number of nitrogens with zero attached hydrogens (tertiary/aromatic N) is 2. The minimum Gasteiger partial charge on any atom is -0.481 e. The molecule has 1 N–H and O–H groups in total. The van der Waals surface area contributed by atoms with E-state index in [9.17, 15) is 4.79 Å². The molecule has 0 saturated heterocycles. The Morgan fingerprint density at radius 2 is 2.31 bits per heavy atom. The van der Waals surface area contributed by atoms with E-state index >= 15 is 0 Å². The Bertz CT molecular complexity index is 315. The van der Waals surface area contributed by atoms with E-state index in [1.165, 1.54) is 0 Å². The number of carboxylic acids is 1. The largest absolute Gasteiger partial charge is 0.481 e. The molecule has 0 amide bonds. The number of aliphatic carboxylic acids is 1. The maximum Gasteiger partial charge on any atom is 0.304 e. The molecular formula is C9H14N2O2. The van der Waals surface area contributed by atoms with Gasteiger partial charge in [0.1, 0.15) is 0 Å². The first-order valence-electron chi connectivity index (χ1n) is 4.12. The van der Waals surface area contributed by atoms with Gasteiger partial charge in [0.2, 0.25) is 0 Å². The van der Waals surface area contributed by atoms with Crippen LogP contribution >= 0.6 is 0 Å². The van der Waals surface area contributed by atoms with Crippen LogP contribution in [0, 0.1) is 0 Å². The molecule has 0 aliphatic heterocycles. The van der Waals surface area contributed by atoms with E-state index in [4.69, 9.17) is 5.11 Å². The average Bonchev–Trinajstić information content (AvgIpc) is 2.32. The van der Waals surface area contributed by atoms with Gasteiger partial charge in [0.25, 0.3) is 0 Å². The lowest BCUT2D eigenvalue weighted by Gasteiger charge is -2.19. The Labute approximate surface area is 77.2 Å². The molecule has 13 heavy (non-hydrogen) atoms. The second-order valence-electron chi connectivity index (χ2n) is 3.88. The smallest absolute Gasteiger partial charge is 0.304 e. The summed E-state index contributed by atoms with van der Waals surface area (Å²) < 4.78 is 1.82. The zero-order chi connectivity index (χ0) is 10.1. The summed E-state index contributed by atoms with van der Waals surface area (Å²) in [5, 5.41) is 8.68. The second kappa shape index (κ2) is 3.20. The SMILES string of the molecule is Cn1cnc(C(C)(C)CC(=O)O)c1. The number of carboxylic acid groups (broad SMARTS) is 1. The molecule has 0 radical (unpaired) electrons. The Kier molecular flexibility index (Phi) is 2.40. The van der Waals surface area contributed by atoms with Crippen molar-refractivity contribution in [2.45, 2.75) is 25.7 Å². The highest BCUT2D eigenvalue weighted by Gasteiger charge is 2.26. The minimum atomic E-state index is -0.796. The normalized spacial score (nSPS) is 11.6. The molecule has 0 aliphatic carbocycles. The van der Waals surface area contributed by atoms with Crippen molar-refractivity contribution < 1.29 is 9.90 Å². The van der Waals surface area contributed by atoms with Gasteiger partial charge >= 0.3 is 5.97 Å². The van der Waals surface area contributed by atoms with Crippen LogP contribution in [0.25, 0.3) is 0 Å². The first-order valence-corrected chi connectivity index (χ1v) is 4.12. The lowest BCUT2D eigenvalue weighted by Crippen LogP contribution is -2.22. The van der Waals surface area contributed by atoms with Crippen molar-refractivity contribution in [1.29, 1.82) is 0 Å². The van der Waals surface area contributed by atoms with Gasteiger partial charge in [0.15, 0.2) is 0 Å². The van der Waals surface area contributed by atoms with Gasteiger partial charge in [-0.05, 0) is 0 Å². The molecule has 0 aromatic carbocycles. The van der Waals surface area contributed by atoms with Gasteiger partial charge in [-0.2, -0.15) is 0 Å². The van der Waals surface area contributed by atoms with Crippen LogP contribution in [0.2, 0.25) is 0 Å². The summed E-state index contributed by atoms with van der Waals surface area (Å²) in [6.07, 6.45) is 3.63. The predicted octanol–water partition coefficient (Wildman–Crippen LogP) is 1.17. The second-order valence-corrected chi connectivity index (χ2v) is 3.88. The fourth-order valence-corrected chi connectivity index (χ4v) is 1.23. The molecule has 1 rings (SSSR count). The van der Waals surface area contributed by atoms with Crippen molar-refractivity contribution in [3.63, 3.8) is 0 Å². The van der Waals surface area contributed by atoms with E-state index in [1.807, 2.05) is 31.7 Å². The quantitative estimate of drug-likeness (QED) is 0.763. The number of imidazole rings is 1. The summed E-state index contributed by atoms with van der Waals surface area (Å²) in [4.78, 5) is 14.7. The topological polar surface area (TPSA) is 55.1 Å². The molecule has 1 heterocycles. The van der Waals surface area contributed by atoms with E-state index < -0.39 is 11.4 Å². The maximum absolute atomic E-state index is 10.6. The van der Waals surface area contributed by atoms with E-state index in [1.54, 1.807) is 6.33 Å². The van der Waals surface area contributed by atoms with E-state index in [0.717, 1.165) is 5.69 Å². The van der Waals surface area contributed by atoms with Crippen LogP contribution in [-0.4, -0.2) is 20.6 Å². The summed E-state index contributed by atoms with van der Waals surface area (Å²) in [5.41, 5.74) is 0.421. The number of aromatic nitrogens is 2. The molecule has 1 aromatic heterocycles. The third kappa shape index (κ3) is 2.31.